The minimum absolute atomic E-state index is 0.952. The van der Waals surface area contributed by atoms with Crippen LogP contribution in [0.1, 0.15) is 25.8 Å². The number of halogens is 1. The third kappa shape index (κ3) is 4.34. The number of alkyl halides is 1. The summed E-state index contributed by atoms with van der Waals surface area (Å²) in [6.45, 7) is 8.54. The van der Waals surface area contributed by atoms with E-state index in [4.69, 9.17) is 0 Å². The Hall–Kier alpha value is -0.350. The second-order valence-electron chi connectivity index (χ2n) is 3.62. The molecule has 0 atom stereocenters. The predicted octanol–water partition coefficient (Wildman–Crippen LogP) is 2.51. The summed E-state index contributed by atoms with van der Waals surface area (Å²) >= 11 is 3.46. The Morgan fingerprint density at radius 2 is 2.27 bits per heavy atom. The van der Waals surface area contributed by atoms with E-state index in [1.807, 2.05) is 10.9 Å². The molecule has 0 unspecified atom stereocenters. The second kappa shape index (κ2) is 7.01. The molecule has 1 heterocycles. The molecular weight excluding hydrogens is 254 g/mol. The van der Waals surface area contributed by atoms with Gasteiger partial charge in [0.15, 0.2) is 0 Å². The van der Waals surface area contributed by atoms with Crippen LogP contribution in [0.15, 0.2) is 12.4 Å². The van der Waals surface area contributed by atoms with E-state index in [9.17, 15) is 0 Å². The Kier molecular flexibility index (Phi) is 5.95. The lowest BCUT2D eigenvalue weighted by molar-refractivity contribution is 0.281. The van der Waals surface area contributed by atoms with Gasteiger partial charge < -0.3 is 0 Å². The Balaban J connectivity index is 2.43. The van der Waals surface area contributed by atoms with Crippen LogP contribution in [0.4, 0.5) is 0 Å². The number of rotatable bonds is 7. The number of nitrogens with zero attached hydrogens (tertiary/aromatic N) is 3. The zero-order valence-electron chi connectivity index (χ0n) is 9.62. The van der Waals surface area contributed by atoms with Crippen LogP contribution >= 0.6 is 15.9 Å². The largest absolute Gasteiger partial charge is 0.299 e. The van der Waals surface area contributed by atoms with E-state index >= 15 is 0 Å². The lowest BCUT2D eigenvalue weighted by Gasteiger charge is -2.18. The Labute approximate surface area is 101 Å². The van der Waals surface area contributed by atoms with Crippen LogP contribution in [0.2, 0.25) is 0 Å². The van der Waals surface area contributed by atoms with Crippen LogP contribution in [-0.2, 0) is 13.1 Å². The molecule has 0 spiro atoms. The molecule has 0 radical (unpaired) electrons. The van der Waals surface area contributed by atoms with Crippen molar-refractivity contribution in [3.63, 3.8) is 0 Å². The van der Waals surface area contributed by atoms with Crippen LogP contribution in [0.25, 0.3) is 0 Å². The number of aryl methyl sites for hydroxylation is 1. The second-order valence-corrected chi connectivity index (χ2v) is 4.41. The third-order valence-electron chi connectivity index (χ3n) is 2.47. The molecule has 0 N–H and O–H groups in total. The van der Waals surface area contributed by atoms with Gasteiger partial charge in [0, 0.05) is 30.2 Å². The van der Waals surface area contributed by atoms with Crippen molar-refractivity contribution < 1.29 is 0 Å². The van der Waals surface area contributed by atoms with Crippen LogP contribution in [0, 0.1) is 0 Å². The highest BCUT2D eigenvalue weighted by atomic mass is 79.9. The van der Waals surface area contributed by atoms with Gasteiger partial charge in [0.25, 0.3) is 0 Å². The molecule has 1 aromatic rings. The number of hydrogen-bond acceptors (Lipinski definition) is 2. The van der Waals surface area contributed by atoms with Crippen molar-refractivity contribution in [3.8, 4) is 0 Å². The van der Waals surface area contributed by atoms with Crippen LogP contribution in [0.5, 0.6) is 0 Å². The molecular formula is C11H20BrN3. The summed E-state index contributed by atoms with van der Waals surface area (Å²) in [4.78, 5) is 2.44. The molecule has 0 aromatic carbocycles. The Morgan fingerprint density at radius 3 is 2.80 bits per heavy atom. The van der Waals surface area contributed by atoms with Gasteiger partial charge in [0.2, 0.25) is 0 Å². The molecule has 3 nitrogen and oxygen atoms in total. The van der Waals surface area contributed by atoms with Crippen molar-refractivity contribution in [2.45, 2.75) is 33.4 Å². The summed E-state index contributed by atoms with van der Waals surface area (Å²) in [6, 6.07) is 0. The highest BCUT2D eigenvalue weighted by Gasteiger charge is 2.04. The highest BCUT2D eigenvalue weighted by molar-refractivity contribution is 9.09. The zero-order chi connectivity index (χ0) is 11.1. The van der Waals surface area contributed by atoms with E-state index in [-0.39, 0.29) is 0 Å². The van der Waals surface area contributed by atoms with Crippen LogP contribution < -0.4 is 0 Å². The van der Waals surface area contributed by atoms with Crippen molar-refractivity contribution in [2.24, 2.45) is 0 Å². The topological polar surface area (TPSA) is 21.1 Å². The fourth-order valence-corrected chi connectivity index (χ4v) is 1.80. The maximum absolute atomic E-state index is 4.28. The smallest absolute Gasteiger partial charge is 0.0534 e. The molecule has 0 saturated heterocycles. The van der Waals surface area contributed by atoms with E-state index < -0.39 is 0 Å². The zero-order valence-corrected chi connectivity index (χ0v) is 11.2. The number of hydrogen-bond donors (Lipinski definition) is 0. The van der Waals surface area contributed by atoms with Gasteiger partial charge in [-0.3, -0.25) is 9.58 Å². The van der Waals surface area contributed by atoms with Crippen molar-refractivity contribution in [1.82, 2.24) is 14.7 Å². The summed E-state index contributed by atoms with van der Waals surface area (Å²) in [5.41, 5.74) is 1.31. The lowest BCUT2D eigenvalue weighted by atomic mass is 10.3. The molecule has 1 rings (SSSR count). The molecule has 0 aliphatic carbocycles. The lowest BCUT2D eigenvalue weighted by Crippen LogP contribution is -2.24. The van der Waals surface area contributed by atoms with Gasteiger partial charge >= 0.3 is 0 Å². The van der Waals surface area contributed by atoms with Crippen LogP contribution in [0.3, 0.4) is 0 Å². The SMILES string of the molecule is CCN(CCCBr)Cc1cnn(CC)c1. The van der Waals surface area contributed by atoms with Gasteiger partial charge in [0.05, 0.1) is 6.20 Å². The Bertz CT molecular complexity index is 273. The van der Waals surface area contributed by atoms with Gasteiger partial charge in [-0.25, -0.2) is 0 Å². The van der Waals surface area contributed by atoms with Gasteiger partial charge in [-0.15, -0.1) is 0 Å². The first-order valence-corrected chi connectivity index (χ1v) is 6.72. The first-order chi connectivity index (χ1) is 7.30. The first kappa shape index (κ1) is 12.7. The summed E-state index contributed by atoms with van der Waals surface area (Å²) in [7, 11) is 0. The van der Waals surface area contributed by atoms with Crippen LogP contribution in [-0.4, -0.2) is 33.1 Å². The average Bonchev–Trinajstić information content (AvgIpc) is 2.71. The normalized spacial score (nSPS) is 11.2. The molecule has 0 amide bonds. The summed E-state index contributed by atoms with van der Waals surface area (Å²) in [5, 5.41) is 5.36. The molecule has 4 heteroatoms. The van der Waals surface area contributed by atoms with Crippen molar-refractivity contribution in [3.05, 3.63) is 18.0 Å². The molecule has 0 aliphatic rings. The summed E-state index contributed by atoms with van der Waals surface area (Å²) in [5.74, 6) is 0. The van der Waals surface area contributed by atoms with Crippen molar-refractivity contribution >= 4 is 15.9 Å². The molecule has 15 heavy (non-hydrogen) atoms. The van der Waals surface area contributed by atoms with E-state index in [0.717, 1.165) is 31.5 Å². The van der Waals surface area contributed by atoms with E-state index in [1.165, 1.54) is 12.0 Å². The minimum Gasteiger partial charge on any atom is -0.299 e. The standard InChI is InChI=1S/C11H20BrN3/c1-3-14(7-5-6-12)9-11-8-13-15(4-2)10-11/h8,10H,3-7,9H2,1-2H3. The highest BCUT2D eigenvalue weighted by Crippen LogP contribution is 2.04. The third-order valence-corrected chi connectivity index (χ3v) is 3.03. The minimum atomic E-state index is 0.952. The summed E-state index contributed by atoms with van der Waals surface area (Å²) < 4.78 is 1.98. The maximum Gasteiger partial charge on any atom is 0.0534 e. The van der Waals surface area contributed by atoms with Gasteiger partial charge in [-0.05, 0) is 26.4 Å². The molecule has 1 aromatic heterocycles. The average molecular weight is 274 g/mol. The van der Waals surface area contributed by atoms with Gasteiger partial charge in [0.1, 0.15) is 0 Å². The van der Waals surface area contributed by atoms with Crippen molar-refractivity contribution in [2.75, 3.05) is 18.4 Å². The Morgan fingerprint density at radius 1 is 1.47 bits per heavy atom. The molecule has 0 aliphatic heterocycles. The molecule has 0 bridgehead atoms. The predicted molar refractivity (Wildman–Crippen MR) is 67.3 cm³/mol. The fraction of sp³-hybridized carbons (Fsp3) is 0.727. The summed E-state index contributed by atoms with van der Waals surface area (Å²) in [6.07, 6.45) is 5.31. The quantitative estimate of drug-likeness (QED) is 0.712. The first-order valence-electron chi connectivity index (χ1n) is 5.59. The molecule has 86 valence electrons. The van der Waals surface area contributed by atoms with Gasteiger partial charge in [-0.1, -0.05) is 22.9 Å². The molecule has 0 saturated carbocycles. The maximum atomic E-state index is 4.28. The van der Waals surface area contributed by atoms with E-state index in [1.54, 1.807) is 0 Å². The van der Waals surface area contributed by atoms with Gasteiger partial charge in [-0.2, -0.15) is 5.10 Å². The fourth-order valence-electron chi connectivity index (χ4n) is 1.55. The van der Waals surface area contributed by atoms with Crippen molar-refractivity contribution in [1.29, 1.82) is 0 Å². The number of aromatic nitrogens is 2. The van der Waals surface area contributed by atoms with E-state index in [0.29, 0.717) is 0 Å². The monoisotopic (exact) mass is 273 g/mol. The molecule has 0 fully saturated rings. The van der Waals surface area contributed by atoms with E-state index in [2.05, 4.69) is 46.0 Å².